The van der Waals surface area contributed by atoms with E-state index in [0.29, 0.717) is 5.02 Å². The molecule has 0 aliphatic rings. The van der Waals surface area contributed by atoms with E-state index in [2.05, 4.69) is 4.98 Å². The van der Waals surface area contributed by atoms with Crippen LogP contribution in [-0.4, -0.2) is 10.9 Å². The number of halogens is 3. The lowest BCUT2D eigenvalue weighted by Crippen LogP contribution is -2.30. The summed E-state index contributed by atoms with van der Waals surface area (Å²) in [5.74, 6) is 4.40. The van der Waals surface area contributed by atoms with Gasteiger partial charge in [0.2, 0.25) is 0 Å². The lowest BCUT2D eigenvalue weighted by atomic mass is 10.4. The highest BCUT2D eigenvalue weighted by Gasteiger charge is 2.09. The highest BCUT2D eigenvalue weighted by Crippen LogP contribution is 2.21. The zero-order chi connectivity index (χ0) is 8.43. The van der Waals surface area contributed by atoms with Crippen LogP contribution in [0.2, 0.25) is 10.2 Å². The van der Waals surface area contributed by atoms with Crippen molar-refractivity contribution in [3.63, 3.8) is 0 Å². The molecule has 1 aromatic heterocycles. The molecule has 1 rings (SSSR count). The van der Waals surface area contributed by atoms with Gasteiger partial charge in [-0.3, -0.25) is 10.2 Å². The smallest absolute Gasteiger partial charge is 0.281 e. The fourth-order valence-corrected chi connectivity index (χ4v) is 0.917. The van der Waals surface area contributed by atoms with Crippen LogP contribution in [0.5, 0.6) is 0 Å². The Morgan fingerprint density at radius 2 is 2.17 bits per heavy atom. The van der Waals surface area contributed by atoms with Gasteiger partial charge in [0.05, 0.1) is 5.02 Å². The van der Waals surface area contributed by atoms with Gasteiger partial charge < -0.3 is 4.98 Å². The third kappa shape index (κ3) is 2.28. The molecule has 0 aliphatic heterocycles. The van der Waals surface area contributed by atoms with Crippen molar-refractivity contribution in [2.45, 2.75) is 0 Å². The third-order valence-electron chi connectivity index (χ3n) is 1.10. The standard InChI is InChI=1S/C5H5Cl2N3O.ClH/c6-2-1-3(5(11)10-8)9-4(2)7;/h1,9H,8H2,(H,10,11);1H. The number of nitrogens with two attached hydrogens (primary N) is 1. The van der Waals surface area contributed by atoms with Crippen LogP contribution in [0.15, 0.2) is 6.07 Å². The van der Waals surface area contributed by atoms with Crippen molar-refractivity contribution in [3.05, 3.63) is 21.9 Å². The molecule has 1 amide bonds. The fraction of sp³-hybridized carbons (Fsp3) is 0. The van der Waals surface area contributed by atoms with Gasteiger partial charge in [0.15, 0.2) is 0 Å². The topological polar surface area (TPSA) is 70.9 Å². The Morgan fingerprint density at radius 3 is 2.50 bits per heavy atom. The first-order valence-corrected chi connectivity index (χ1v) is 3.45. The molecule has 4 N–H and O–H groups in total. The average Bonchev–Trinajstić information content (AvgIpc) is 2.31. The van der Waals surface area contributed by atoms with Crippen LogP contribution >= 0.6 is 35.6 Å². The van der Waals surface area contributed by atoms with E-state index >= 15 is 0 Å². The van der Waals surface area contributed by atoms with Crippen LogP contribution in [0.25, 0.3) is 0 Å². The number of aromatic nitrogens is 1. The minimum absolute atomic E-state index is 0. The zero-order valence-electron chi connectivity index (χ0n) is 5.73. The van der Waals surface area contributed by atoms with Gasteiger partial charge in [0, 0.05) is 0 Å². The van der Waals surface area contributed by atoms with Gasteiger partial charge in [0.25, 0.3) is 5.91 Å². The minimum atomic E-state index is -0.459. The lowest BCUT2D eigenvalue weighted by molar-refractivity contribution is 0.0949. The summed E-state index contributed by atoms with van der Waals surface area (Å²) < 4.78 is 0. The highest BCUT2D eigenvalue weighted by molar-refractivity contribution is 6.41. The molecule has 0 bridgehead atoms. The summed E-state index contributed by atoms with van der Waals surface area (Å²) in [5, 5.41) is 0.524. The molecule has 68 valence electrons. The Hall–Kier alpha value is -0.420. The Kier molecular flexibility index (Phi) is 4.41. The van der Waals surface area contributed by atoms with Gasteiger partial charge in [0.1, 0.15) is 10.8 Å². The van der Waals surface area contributed by atoms with Crippen LogP contribution in [0.4, 0.5) is 0 Å². The van der Waals surface area contributed by atoms with Crippen molar-refractivity contribution in [2.75, 3.05) is 0 Å². The van der Waals surface area contributed by atoms with Gasteiger partial charge in [-0.05, 0) is 6.07 Å². The largest absolute Gasteiger partial charge is 0.340 e. The number of hydrazine groups is 1. The number of rotatable bonds is 1. The number of carbonyl (C=O) groups is 1. The van der Waals surface area contributed by atoms with Crippen molar-refractivity contribution >= 4 is 41.5 Å². The molecule has 0 saturated heterocycles. The van der Waals surface area contributed by atoms with E-state index in [1.165, 1.54) is 6.07 Å². The van der Waals surface area contributed by atoms with Crippen LogP contribution < -0.4 is 11.3 Å². The van der Waals surface area contributed by atoms with E-state index < -0.39 is 5.91 Å². The quantitative estimate of drug-likeness (QED) is 0.387. The van der Waals surface area contributed by atoms with Gasteiger partial charge in [-0.2, -0.15) is 0 Å². The lowest BCUT2D eigenvalue weighted by Gasteiger charge is -1.92. The summed E-state index contributed by atoms with van der Waals surface area (Å²) in [7, 11) is 0. The summed E-state index contributed by atoms with van der Waals surface area (Å²) in [4.78, 5) is 13.3. The van der Waals surface area contributed by atoms with Crippen molar-refractivity contribution in [1.29, 1.82) is 0 Å². The van der Waals surface area contributed by atoms with Gasteiger partial charge in [-0.25, -0.2) is 5.84 Å². The van der Waals surface area contributed by atoms with Crippen molar-refractivity contribution < 1.29 is 4.79 Å². The molecule has 0 atom stereocenters. The van der Waals surface area contributed by atoms with E-state index in [1.54, 1.807) is 0 Å². The second kappa shape index (κ2) is 4.57. The molecule has 0 unspecified atom stereocenters. The number of nitrogen functional groups attached to an aromatic ring is 1. The minimum Gasteiger partial charge on any atom is -0.340 e. The molecule has 7 heteroatoms. The first-order chi connectivity index (χ1) is 5.15. The maximum atomic E-state index is 10.8. The summed E-state index contributed by atoms with van der Waals surface area (Å²) in [6.07, 6.45) is 0. The van der Waals surface area contributed by atoms with Gasteiger partial charge in [-0.15, -0.1) is 12.4 Å². The first-order valence-electron chi connectivity index (χ1n) is 2.70. The molecule has 0 radical (unpaired) electrons. The molecular formula is C5H6Cl3N3O. The van der Waals surface area contributed by atoms with Crippen LogP contribution in [-0.2, 0) is 0 Å². The number of aromatic amines is 1. The molecule has 0 aromatic carbocycles. The van der Waals surface area contributed by atoms with Crippen LogP contribution in [0.1, 0.15) is 10.5 Å². The van der Waals surface area contributed by atoms with Gasteiger partial charge in [-0.1, -0.05) is 23.2 Å². The summed E-state index contributed by atoms with van der Waals surface area (Å²) in [5.41, 5.74) is 2.17. The normalized spacial score (nSPS) is 8.92. The van der Waals surface area contributed by atoms with E-state index in [-0.39, 0.29) is 23.3 Å². The molecule has 0 fully saturated rings. The Bertz CT molecular complexity index is 266. The van der Waals surface area contributed by atoms with E-state index in [4.69, 9.17) is 29.0 Å². The number of hydrogen-bond acceptors (Lipinski definition) is 2. The van der Waals surface area contributed by atoms with Gasteiger partial charge >= 0.3 is 0 Å². The maximum Gasteiger partial charge on any atom is 0.281 e. The van der Waals surface area contributed by atoms with E-state index in [0.717, 1.165) is 0 Å². The molecule has 0 spiro atoms. The predicted octanol–water partition coefficient (Wildman–Crippen LogP) is 1.35. The van der Waals surface area contributed by atoms with Crippen molar-refractivity contribution in [1.82, 2.24) is 10.4 Å². The first kappa shape index (κ1) is 11.6. The molecule has 0 aliphatic carbocycles. The molecule has 1 aromatic rings. The third-order valence-corrected chi connectivity index (χ3v) is 1.79. The monoisotopic (exact) mass is 229 g/mol. The zero-order valence-corrected chi connectivity index (χ0v) is 8.06. The Labute approximate surface area is 84.8 Å². The molecular weight excluding hydrogens is 224 g/mol. The predicted molar refractivity (Wildman–Crippen MR) is 49.7 cm³/mol. The number of H-pyrrole nitrogens is 1. The van der Waals surface area contributed by atoms with Crippen molar-refractivity contribution in [2.24, 2.45) is 5.84 Å². The number of carbonyl (C=O) groups excluding carboxylic acids is 1. The SMILES string of the molecule is Cl.NNC(=O)c1cc(Cl)c(Cl)[nH]1. The number of amides is 1. The number of hydrogen-bond donors (Lipinski definition) is 3. The summed E-state index contributed by atoms with van der Waals surface area (Å²) in [6, 6.07) is 1.39. The van der Waals surface area contributed by atoms with Crippen LogP contribution in [0, 0.1) is 0 Å². The summed E-state index contributed by atoms with van der Waals surface area (Å²) >= 11 is 11.1. The molecule has 4 nitrogen and oxygen atoms in total. The second-order valence-corrected chi connectivity index (χ2v) is 2.60. The second-order valence-electron chi connectivity index (χ2n) is 1.82. The summed E-state index contributed by atoms with van der Waals surface area (Å²) in [6.45, 7) is 0. The average molecular weight is 230 g/mol. The van der Waals surface area contributed by atoms with Crippen LogP contribution in [0.3, 0.4) is 0 Å². The van der Waals surface area contributed by atoms with E-state index in [9.17, 15) is 4.79 Å². The molecule has 12 heavy (non-hydrogen) atoms. The molecule has 1 heterocycles. The molecule has 0 saturated carbocycles. The number of nitrogens with one attached hydrogen (secondary N) is 2. The Morgan fingerprint density at radius 1 is 1.58 bits per heavy atom. The van der Waals surface area contributed by atoms with E-state index in [1.807, 2.05) is 5.43 Å². The highest BCUT2D eigenvalue weighted by atomic mass is 35.5. The Balaban J connectivity index is 0.00000121. The fourth-order valence-electron chi connectivity index (χ4n) is 0.604. The maximum absolute atomic E-state index is 10.8. The van der Waals surface area contributed by atoms with Crippen molar-refractivity contribution in [3.8, 4) is 0 Å².